The number of hydrogen-bond donors (Lipinski definition) is 2. The molecule has 0 unspecified atom stereocenters. The summed E-state index contributed by atoms with van der Waals surface area (Å²) in [5, 5.41) is 2.62. The van der Waals surface area contributed by atoms with E-state index in [0.717, 1.165) is 12.8 Å². The smallest absolute Gasteiger partial charge is 0.254 e. The maximum atomic E-state index is 13.6. The second kappa shape index (κ2) is 7.19. The number of amides is 1. The zero-order valence-corrected chi connectivity index (χ0v) is 11.4. The maximum absolute atomic E-state index is 13.6. The summed E-state index contributed by atoms with van der Waals surface area (Å²) in [7, 11) is 0. The number of halogens is 1. The first-order valence-corrected chi connectivity index (χ1v) is 6.98. The van der Waals surface area contributed by atoms with Crippen LogP contribution in [0.1, 0.15) is 42.5 Å². The normalized spacial score (nSPS) is 16.1. The predicted octanol–water partition coefficient (Wildman–Crippen LogP) is 1.88. The molecule has 0 saturated heterocycles. The van der Waals surface area contributed by atoms with Crippen LogP contribution in [0, 0.1) is 5.82 Å². The standard InChI is InChI=1S/C14H20FN3O2/c15-12-11(6-7-17-13(12)16)14(19)18-8-9-20-10-4-2-1-3-5-10/h6-7,10H,1-5,8-9H2,(H2,16,17)(H,18,19). The van der Waals surface area contributed by atoms with Gasteiger partial charge in [0.1, 0.15) is 0 Å². The number of carbonyl (C=O) groups is 1. The fourth-order valence-corrected chi connectivity index (χ4v) is 2.35. The van der Waals surface area contributed by atoms with Gasteiger partial charge in [0.05, 0.1) is 18.3 Å². The molecule has 6 heteroatoms. The molecule has 110 valence electrons. The number of nitrogen functional groups attached to an aromatic ring is 1. The van der Waals surface area contributed by atoms with Crippen LogP contribution in [-0.2, 0) is 4.74 Å². The number of hydrogen-bond acceptors (Lipinski definition) is 4. The average molecular weight is 281 g/mol. The quantitative estimate of drug-likeness (QED) is 0.808. The average Bonchev–Trinajstić information content (AvgIpc) is 2.47. The maximum Gasteiger partial charge on any atom is 0.254 e. The third kappa shape index (κ3) is 3.90. The van der Waals surface area contributed by atoms with E-state index in [0.29, 0.717) is 19.3 Å². The molecule has 0 radical (unpaired) electrons. The van der Waals surface area contributed by atoms with Crippen LogP contribution in [0.25, 0.3) is 0 Å². The monoisotopic (exact) mass is 281 g/mol. The highest BCUT2D eigenvalue weighted by Crippen LogP contribution is 2.19. The molecular weight excluding hydrogens is 261 g/mol. The molecule has 1 amide bonds. The predicted molar refractivity (Wildman–Crippen MR) is 73.8 cm³/mol. The Morgan fingerprint density at radius 1 is 1.45 bits per heavy atom. The molecule has 1 aromatic rings. The molecule has 1 aliphatic carbocycles. The zero-order chi connectivity index (χ0) is 14.4. The highest BCUT2D eigenvalue weighted by Gasteiger charge is 2.15. The van der Waals surface area contributed by atoms with Gasteiger partial charge in [-0.1, -0.05) is 19.3 Å². The summed E-state index contributed by atoms with van der Waals surface area (Å²) < 4.78 is 19.3. The molecule has 1 saturated carbocycles. The number of rotatable bonds is 5. The van der Waals surface area contributed by atoms with Crippen molar-refractivity contribution in [1.82, 2.24) is 10.3 Å². The molecule has 1 heterocycles. The van der Waals surface area contributed by atoms with Gasteiger partial charge in [-0.2, -0.15) is 0 Å². The Morgan fingerprint density at radius 2 is 2.20 bits per heavy atom. The fourth-order valence-electron chi connectivity index (χ4n) is 2.35. The van der Waals surface area contributed by atoms with E-state index in [1.807, 2.05) is 0 Å². The first-order valence-electron chi connectivity index (χ1n) is 6.98. The van der Waals surface area contributed by atoms with Crippen molar-refractivity contribution in [2.75, 3.05) is 18.9 Å². The number of anilines is 1. The van der Waals surface area contributed by atoms with Crippen LogP contribution in [-0.4, -0.2) is 30.1 Å². The Labute approximate surface area is 117 Å². The minimum absolute atomic E-state index is 0.0878. The molecule has 3 N–H and O–H groups in total. The number of aromatic nitrogens is 1. The third-order valence-corrected chi connectivity index (χ3v) is 3.45. The van der Waals surface area contributed by atoms with Crippen LogP contribution in [0.15, 0.2) is 12.3 Å². The Hall–Kier alpha value is -1.69. The van der Waals surface area contributed by atoms with E-state index < -0.39 is 11.7 Å². The summed E-state index contributed by atoms with van der Waals surface area (Å²) in [6.45, 7) is 0.801. The van der Waals surface area contributed by atoms with Gasteiger partial charge < -0.3 is 15.8 Å². The summed E-state index contributed by atoms with van der Waals surface area (Å²) >= 11 is 0. The van der Waals surface area contributed by atoms with Crippen molar-refractivity contribution in [3.05, 3.63) is 23.6 Å². The van der Waals surface area contributed by atoms with Crippen LogP contribution < -0.4 is 11.1 Å². The molecule has 2 rings (SSSR count). The zero-order valence-electron chi connectivity index (χ0n) is 11.4. The van der Waals surface area contributed by atoms with Gasteiger partial charge in [0.25, 0.3) is 5.91 Å². The summed E-state index contributed by atoms with van der Waals surface area (Å²) in [4.78, 5) is 15.4. The van der Waals surface area contributed by atoms with Crippen molar-refractivity contribution in [3.63, 3.8) is 0 Å². The molecule has 1 aromatic heterocycles. The molecular formula is C14H20FN3O2. The summed E-state index contributed by atoms with van der Waals surface area (Å²) in [6.07, 6.45) is 7.48. The van der Waals surface area contributed by atoms with Crippen LogP contribution in [0.2, 0.25) is 0 Å². The largest absolute Gasteiger partial charge is 0.381 e. The number of pyridine rings is 1. The van der Waals surface area contributed by atoms with Gasteiger partial charge in [-0.3, -0.25) is 4.79 Å². The van der Waals surface area contributed by atoms with Crippen molar-refractivity contribution in [2.24, 2.45) is 0 Å². The lowest BCUT2D eigenvalue weighted by atomic mass is 9.98. The molecule has 1 aliphatic rings. The Morgan fingerprint density at radius 3 is 2.95 bits per heavy atom. The Balaban J connectivity index is 1.73. The summed E-state index contributed by atoms with van der Waals surface area (Å²) in [5.74, 6) is -1.54. The third-order valence-electron chi connectivity index (χ3n) is 3.45. The van der Waals surface area contributed by atoms with E-state index in [1.165, 1.54) is 31.5 Å². The van der Waals surface area contributed by atoms with Gasteiger partial charge in [0.15, 0.2) is 11.6 Å². The molecule has 0 aliphatic heterocycles. The number of nitrogens with two attached hydrogens (primary N) is 1. The van der Waals surface area contributed by atoms with Crippen LogP contribution in [0.5, 0.6) is 0 Å². The molecule has 0 bridgehead atoms. The second-order valence-electron chi connectivity index (χ2n) is 4.94. The fraction of sp³-hybridized carbons (Fsp3) is 0.571. The van der Waals surface area contributed by atoms with Gasteiger partial charge in [0, 0.05) is 12.7 Å². The SMILES string of the molecule is Nc1nccc(C(=O)NCCOC2CCCCC2)c1F. The number of nitrogens with zero attached hydrogens (tertiary/aromatic N) is 1. The molecule has 20 heavy (non-hydrogen) atoms. The lowest BCUT2D eigenvalue weighted by molar-refractivity contribution is 0.0299. The van der Waals surface area contributed by atoms with Crippen LogP contribution >= 0.6 is 0 Å². The van der Waals surface area contributed by atoms with Gasteiger partial charge in [-0.15, -0.1) is 0 Å². The van der Waals surface area contributed by atoms with Crippen molar-refractivity contribution in [1.29, 1.82) is 0 Å². The highest BCUT2D eigenvalue weighted by molar-refractivity contribution is 5.95. The van der Waals surface area contributed by atoms with Gasteiger partial charge in [-0.25, -0.2) is 9.37 Å². The lowest BCUT2D eigenvalue weighted by Crippen LogP contribution is -2.30. The minimum Gasteiger partial charge on any atom is -0.381 e. The van der Waals surface area contributed by atoms with Gasteiger partial charge in [0.2, 0.25) is 0 Å². The van der Waals surface area contributed by atoms with E-state index >= 15 is 0 Å². The molecule has 0 aromatic carbocycles. The number of nitrogens with one attached hydrogen (secondary N) is 1. The Bertz CT molecular complexity index is 462. The van der Waals surface area contributed by atoms with Gasteiger partial charge in [-0.05, 0) is 18.9 Å². The second-order valence-corrected chi connectivity index (χ2v) is 4.94. The van der Waals surface area contributed by atoms with E-state index in [2.05, 4.69) is 10.3 Å². The first-order chi connectivity index (χ1) is 9.68. The van der Waals surface area contributed by atoms with Crippen LogP contribution in [0.4, 0.5) is 10.2 Å². The van der Waals surface area contributed by atoms with E-state index in [4.69, 9.17) is 10.5 Å². The van der Waals surface area contributed by atoms with Gasteiger partial charge >= 0.3 is 0 Å². The molecule has 5 nitrogen and oxygen atoms in total. The first kappa shape index (κ1) is 14.7. The summed E-state index contributed by atoms with van der Waals surface area (Å²) in [5.41, 5.74) is 5.23. The lowest BCUT2D eigenvalue weighted by Gasteiger charge is -2.22. The highest BCUT2D eigenvalue weighted by atomic mass is 19.1. The topological polar surface area (TPSA) is 77.2 Å². The van der Waals surface area contributed by atoms with Crippen LogP contribution in [0.3, 0.4) is 0 Å². The van der Waals surface area contributed by atoms with E-state index in [9.17, 15) is 9.18 Å². The van der Waals surface area contributed by atoms with Crippen molar-refractivity contribution < 1.29 is 13.9 Å². The molecule has 0 atom stereocenters. The van der Waals surface area contributed by atoms with Crippen molar-refractivity contribution in [2.45, 2.75) is 38.2 Å². The molecule has 0 spiro atoms. The van der Waals surface area contributed by atoms with Crippen molar-refractivity contribution >= 4 is 11.7 Å². The minimum atomic E-state index is -0.779. The summed E-state index contributed by atoms with van der Waals surface area (Å²) in [6, 6.07) is 1.31. The van der Waals surface area contributed by atoms with E-state index in [-0.39, 0.29) is 11.4 Å². The van der Waals surface area contributed by atoms with Crippen molar-refractivity contribution in [3.8, 4) is 0 Å². The number of carbonyl (C=O) groups excluding carboxylic acids is 1. The molecule has 1 fully saturated rings. The van der Waals surface area contributed by atoms with E-state index in [1.54, 1.807) is 0 Å². The Kier molecular flexibility index (Phi) is 5.29. The number of ether oxygens (including phenoxy) is 1.